The van der Waals surface area contributed by atoms with Crippen molar-refractivity contribution < 1.29 is 9.59 Å². The second kappa shape index (κ2) is 8.58. The average Bonchev–Trinajstić information content (AvgIpc) is 3.16. The zero-order chi connectivity index (χ0) is 17.6. The van der Waals surface area contributed by atoms with Gasteiger partial charge >= 0.3 is 6.03 Å². The summed E-state index contributed by atoms with van der Waals surface area (Å²) in [4.78, 5) is 26.5. The molecule has 0 aromatic heterocycles. The number of nitrogens with zero attached hydrogens (tertiary/aromatic N) is 1. The summed E-state index contributed by atoms with van der Waals surface area (Å²) < 4.78 is 0. The maximum absolute atomic E-state index is 12.5. The number of hydrogen-bond acceptors (Lipinski definition) is 4. The minimum Gasteiger partial charge on any atom is -0.341 e. The molecular weight excluding hydrogens is 336 g/mol. The second-order valence-corrected chi connectivity index (χ2v) is 7.80. The van der Waals surface area contributed by atoms with Crippen LogP contribution in [0.25, 0.3) is 0 Å². The number of benzene rings is 1. The van der Waals surface area contributed by atoms with E-state index >= 15 is 0 Å². The molecule has 2 fully saturated rings. The van der Waals surface area contributed by atoms with Gasteiger partial charge in [0, 0.05) is 37.0 Å². The highest BCUT2D eigenvalue weighted by Crippen LogP contribution is 2.19. The lowest BCUT2D eigenvalue weighted by Gasteiger charge is -2.34. The van der Waals surface area contributed by atoms with Crippen molar-refractivity contribution in [2.24, 2.45) is 5.92 Å². The number of hydrogen-bond donors (Lipinski definition) is 3. The lowest BCUT2D eigenvalue weighted by Crippen LogP contribution is -2.50. The highest BCUT2D eigenvalue weighted by Gasteiger charge is 2.30. The number of amides is 3. The van der Waals surface area contributed by atoms with Crippen LogP contribution in [0.3, 0.4) is 0 Å². The number of rotatable bonds is 4. The Morgan fingerprint density at radius 1 is 1.32 bits per heavy atom. The molecule has 0 bridgehead atoms. The van der Waals surface area contributed by atoms with Gasteiger partial charge in [0.25, 0.3) is 0 Å². The van der Waals surface area contributed by atoms with Gasteiger partial charge in [0.15, 0.2) is 0 Å². The highest BCUT2D eigenvalue weighted by molar-refractivity contribution is 7.99. The summed E-state index contributed by atoms with van der Waals surface area (Å²) in [5, 5.41) is 9.02. The number of thioether (sulfide) groups is 1. The van der Waals surface area contributed by atoms with E-state index in [1.165, 1.54) is 0 Å². The number of carbonyl (C=O) groups excluding carboxylic acids is 2. The minimum absolute atomic E-state index is 0.0402. The molecule has 0 radical (unpaired) electrons. The van der Waals surface area contributed by atoms with Crippen LogP contribution in [0, 0.1) is 12.8 Å². The van der Waals surface area contributed by atoms with Crippen molar-refractivity contribution in [1.82, 2.24) is 15.5 Å². The van der Waals surface area contributed by atoms with Crippen LogP contribution in [-0.2, 0) is 4.79 Å². The Morgan fingerprint density at radius 2 is 2.12 bits per heavy atom. The molecule has 1 aromatic carbocycles. The summed E-state index contributed by atoms with van der Waals surface area (Å²) in [5.74, 6) is 2.24. The quantitative estimate of drug-likeness (QED) is 0.766. The summed E-state index contributed by atoms with van der Waals surface area (Å²) in [6.07, 6.45) is 2.04. The van der Waals surface area contributed by atoms with Gasteiger partial charge in [0.05, 0.1) is 6.04 Å². The zero-order valence-corrected chi connectivity index (χ0v) is 15.4. The van der Waals surface area contributed by atoms with Crippen LogP contribution in [0.4, 0.5) is 10.5 Å². The lowest BCUT2D eigenvalue weighted by atomic mass is 9.97. The van der Waals surface area contributed by atoms with Gasteiger partial charge in [-0.15, -0.1) is 11.8 Å². The summed E-state index contributed by atoms with van der Waals surface area (Å²) in [5.41, 5.74) is 1.95. The molecule has 7 heteroatoms. The molecule has 2 heterocycles. The van der Waals surface area contributed by atoms with Gasteiger partial charge in [-0.2, -0.15) is 0 Å². The fraction of sp³-hybridized carbons (Fsp3) is 0.556. The van der Waals surface area contributed by atoms with Crippen LogP contribution >= 0.6 is 11.8 Å². The van der Waals surface area contributed by atoms with E-state index in [4.69, 9.17) is 0 Å². The van der Waals surface area contributed by atoms with E-state index in [1.54, 1.807) is 11.8 Å². The number of likely N-dealkylation sites (tertiary alicyclic amines) is 1. The van der Waals surface area contributed by atoms with Crippen LogP contribution < -0.4 is 16.0 Å². The molecule has 0 aliphatic carbocycles. The zero-order valence-electron chi connectivity index (χ0n) is 14.6. The van der Waals surface area contributed by atoms with Gasteiger partial charge in [-0.25, -0.2) is 4.79 Å². The Morgan fingerprint density at radius 3 is 2.84 bits per heavy atom. The van der Waals surface area contributed by atoms with Crippen molar-refractivity contribution in [1.29, 1.82) is 0 Å². The standard InChI is InChI=1S/C18H26N4O2S/c1-13-4-6-15(7-5-13)21-18(24)19-9-14-3-2-8-22(10-14)17(23)16-11-25-12-20-16/h4-7,14,16,20H,2-3,8-12H2,1H3,(H2,19,21,24). The van der Waals surface area contributed by atoms with Crippen LogP contribution in [0.2, 0.25) is 0 Å². The first-order valence-electron chi connectivity index (χ1n) is 8.83. The molecule has 136 valence electrons. The fourth-order valence-electron chi connectivity index (χ4n) is 3.26. The molecule has 1 aromatic rings. The van der Waals surface area contributed by atoms with Gasteiger partial charge < -0.3 is 15.5 Å². The van der Waals surface area contributed by atoms with Crippen molar-refractivity contribution in [3.63, 3.8) is 0 Å². The van der Waals surface area contributed by atoms with E-state index in [-0.39, 0.29) is 18.0 Å². The molecule has 0 spiro atoms. The van der Waals surface area contributed by atoms with E-state index in [0.717, 1.165) is 48.8 Å². The number of urea groups is 1. The van der Waals surface area contributed by atoms with Crippen LogP contribution in [0.15, 0.2) is 24.3 Å². The average molecular weight is 362 g/mol. The maximum Gasteiger partial charge on any atom is 0.319 e. The van der Waals surface area contributed by atoms with Crippen molar-refractivity contribution in [2.75, 3.05) is 36.6 Å². The number of nitrogens with one attached hydrogen (secondary N) is 3. The molecule has 2 unspecified atom stereocenters. The molecule has 3 amide bonds. The van der Waals surface area contributed by atoms with Crippen molar-refractivity contribution in [3.8, 4) is 0 Å². The monoisotopic (exact) mass is 362 g/mol. The van der Waals surface area contributed by atoms with Gasteiger partial charge in [-0.05, 0) is 37.8 Å². The first-order chi connectivity index (χ1) is 12.1. The summed E-state index contributed by atoms with van der Waals surface area (Å²) >= 11 is 1.77. The Kier molecular flexibility index (Phi) is 6.20. The molecule has 2 atom stereocenters. The third-order valence-corrected chi connectivity index (χ3v) is 5.65. The molecule has 2 aliphatic rings. The molecule has 0 saturated carbocycles. The Bertz CT molecular complexity index is 602. The summed E-state index contributed by atoms with van der Waals surface area (Å²) in [6.45, 7) is 4.16. The summed E-state index contributed by atoms with van der Waals surface area (Å²) in [7, 11) is 0. The third kappa shape index (κ3) is 5.12. The predicted octanol–water partition coefficient (Wildman–Crippen LogP) is 2.02. The van der Waals surface area contributed by atoms with Gasteiger partial charge in [-0.3, -0.25) is 10.1 Å². The fourth-order valence-corrected chi connectivity index (χ4v) is 4.19. The van der Waals surface area contributed by atoms with Crippen molar-refractivity contribution >= 4 is 29.4 Å². The molecular formula is C18H26N4O2S. The normalized spacial score (nSPS) is 23.3. The Hall–Kier alpha value is -1.73. The lowest BCUT2D eigenvalue weighted by molar-refractivity contribution is -0.134. The SMILES string of the molecule is Cc1ccc(NC(=O)NCC2CCCN(C(=O)C3CSCN3)C2)cc1. The van der Waals surface area contributed by atoms with Crippen molar-refractivity contribution in [2.45, 2.75) is 25.8 Å². The molecule has 6 nitrogen and oxygen atoms in total. The Labute approximate surface area is 153 Å². The van der Waals surface area contributed by atoms with Gasteiger partial charge in [0.1, 0.15) is 0 Å². The first kappa shape index (κ1) is 18.1. The maximum atomic E-state index is 12.5. The number of carbonyl (C=O) groups is 2. The number of aryl methyl sites for hydroxylation is 1. The van der Waals surface area contributed by atoms with Gasteiger partial charge in [-0.1, -0.05) is 17.7 Å². The van der Waals surface area contributed by atoms with E-state index in [2.05, 4.69) is 16.0 Å². The summed E-state index contributed by atoms with van der Waals surface area (Å²) in [6, 6.07) is 7.48. The van der Waals surface area contributed by atoms with Crippen LogP contribution in [0.5, 0.6) is 0 Å². The van der Waals surface area contributed by atoms with E-state index < -0.39 is 0 Å². The van der Waals surface area contributed by atoms with E-state index in [1.807, 2.05) is 36.1 Å². The molecule has 3 rings (SSSR count). The smallest absolute Gasteiger partial charge is 0.319 e. The molecule has 3 N–H and O–H groups in total. The molecule has 25 heavy (non-hydrogen) atoms. The van der Waals surface area contributed by atoms with Crippen LogP contribution in [0.1, 0.15) is 18.4 Å². The topological polar surface area (TPSA) is 73.5 Å². The largest absolute Gasteiger partial charge is 0.341 e. The first-order valence-corrected chi connectivity index (χ1v) is 9.99. The van der Waals surface area contributed by atoms with E-state index in [9.17, 15) is 9.59 Å². The van der Waals surface area contributed by atoms with Crippen molar-refractivity contribution in [3.05, 3.63) is 29.8 Å². The van der Waals surface area contributed by atoms with Gasteiger partial charge in [0.2, 0.25) is 5.91 Å². The number of piperidine rings is 1. The van der Waals surface area contributed by atoms with Crippen LogP contribution in [-0.4, -0.2) is 54.1 Å². The minimum atomic E-state index is -0.193. The predicted molar refractivity (Wildman–Crippen MR) is 102 cm³/mol. The van der Waals surface area contributed by atoms with E-state index in [0.29, 0.717) is 12.5 Å². The molecule has 2 saturated heterocycles. The molecule has 2 aliphatic heterocycles. The highest BCUT2D eigenvalue weighted by atomic mass is 32.2. The Balaban J connectivity index is 1.43. The third-order valence-electron chi connectivity index (χ3n) is 4.71. The second-order valence-electron chi connectivity index (χ2n) is 6.77. The number of anilines is 1.